The number of aromatic hydroxyl groups is 2. The molecule has 2 aromatic rings. The maximum Gasteiger partial charge on any atom is 0.123 e. The molecule has 2 heteroatoms. The summed E-state index contributed by atoms with van der Waals surface area (Å²) < 4.78 is 0. The number of benzene rings is 2. The zero-order valence-electron chi connectivity index (χ0n) is 9.14. The molecule has 0 radical (unpaired) electrons. The van der Waals surface area contributed by atoms with Gasteiger partial charge in [0.2, 0.25) is 0 Å². The number of hydrogen-bond donors (Lipinski definition) is 2. The van der Waals surface area contributed by atoms with Gasteiger partial charge in [-0.25, -0.2) is 0 Å². The average molecular weight is 214 g/mol. The van der Waals surface area contributed by atoms with Crippen LogP contribution in [0, 0.1) is 0 Å². The molecule has 0 aromatic heterocycles. The largest absolute Gasteiger partial charge is 0.508 e. The molecule has 82 valence electrons. The Morgan fingerprint density at radius 3 is 2.12 bits per heavy atom. The standard InChI is InChI=1S/C14H14O2/c1-2-10-11(7-5-9-13(10)15)12-6-3-4-8-14(12)16/h3-9,15-16H,2H2,1H3. The summed E-state index contributed by atoms with van der Waals surface area (Å²) in [5, 5.41) is 19.6. The Balaban J connectivity index is 2.65. The van der Waals surface area contributed by atoms with Crippen molar-refractivity contribution in [2.75, 3.05) is 0 Å². The highest BCUT2D eigenvalue weighted by atomic mass is 16.3. The van der Waals surface area contributed by atoms with Crippen LogP contribution in [0.15, 0.2) is 42.5 Å². The number of phenolic OH excluding ortho intramolecular Hbond substituents is 2. The molecule has 0 heterocycles. The highest BCUT2D eigenvalue weighted by molar-refractivity contribution is 5.74. The van der Waals surface area contributed by atoms with Crippen molar-refractivity contribution in [2.24, 2.45) is 0 Å². The SMILES string of the molecule is CCc1c(O)cccc1-c1ccccc1O. The van der Waals surface area contributed by atoms with E-state index in [2.05, 4.69) is 0 Å². The third-order valence-corrected chi connectivity index (χ3v) is 2.70. The molecule has 0 fully saturated rings. The highest BCUT2D eigenvalue weighted by Gasteiger charge is 2.10. The molecule has 0 unspecified atom stereocenters. The Morgan fingerprint density at radius 2 is 1.44 bits per heavy atom. The predicted octanol–water partition coefficient (Wildman–Crippen LogP) is 3.33. The fourth-order valence-corrected chi connectivity index (χ4v) is 1.90. The minimum Gasteiger partial charge on any atom is -0.508 e. The van der Waals surface area contributed by atoms with E-state index in [1.165, 1.54) is 0 Å². The van der Waals surface area contributed by atoms with E-state index in [4.69, 9.17) is 0 Å². The summed E-state index contributed by atoms with van der Waals surface area (Å²) in [6, 6.07) is 12.5. The molecule has 0 bridgehead atoms. The number of rotatable bonds is 2. The Labute approximate surface area is 94.8 Å². The van der Waals surface area contributed by atoms with E-state index in [9.17, 15) is 10.2 Å². The highest BCUT2D eigenvalue weighted by Crippen LogP contribution is 2.35. The fraction of sp³-hybridized carbons (Fsp3) is 0.143. The molecule has 0 saturated heterocycles. The first kappa shape index (κ1) is 10.6. The predicted molar refractivity (Wildman–Crippen MR) is 64.6 cm³/mol. The molecule has 0 aliphatic carbocycles. The maximum absolute atomic E-state index is 9.79. The molecule has 0 aliphatic rings. The number of para-hydroxylation sites is 1. The van der Waals surface area contributed by atoms with Gasteiger partial charge in [-0.3, -0.25) is 0 Å². The molecule has 2 N–H and O–H groups in total. The molecular formula is C14H14O2. The van der Waals surface area contributed by atoms with Crippen LogP contribution in [-0.2, 0) is 6.42 Å². The molecule has 2 nitrogen and oxygen atoms in total. The third kappa shape index (κ3) is 1.74. The van der Waals surface area contributed by atoms with E-state index < -0.39 is 0 Å². The fourth-order valence-electron chi connectivity index (χ4n) is 1.90. The number of phenols is 2. The van der Waals surface area contributed by atoms with Crippen molar-refractivity contribution >= 4 is 0 Å². The van der Waals surface area contributed by atoms with Gasteiger partial charge < -0.3 is 10.2 Å². The summed E-state index contributed by atoms with van der Waals surface area (Å²) in [6.45, 7) is 1.98. The maximum atomic E-state index is 9.79. The van der Waals surface area contributed by atoms with Crippen molar-refractivity contribution in [1.29, 1.82) is 0 Å². The van der Waals surface area contributed by atoms with Gasteiger partial charge in [0.1, 0.15) is 11.5 Å². The second-order valence-corrected chi connectivity index (χ2v) is 3.67. The molecule has 16 heavy (non-hydrogen) atoms. The van der Waals surface area contributed by atoms with E-state index in [-0.39, 0.29) is 11.5 Å². The Bertz CT molecular complexity index is 504. The molecular weight excluding hydrogens is 200 g/mol. The van der Waals surface area contributed by atoms with Gasteiger partial charge in [0.25, 0.3) is 0 Å². The van der Waals surface area contributed by atoms with Gasteiger partial charge in [-0.15, -0.1) is 0 Å². The lowest BCUT2D eigenvalue weighted by atomic mass is 9.96. The van der Waals surface area contributed by atoms with E-state index in [1.807, 2.05) is 25.1 Å². The van der Waals surface area contributed by atoms with Crippen LogP contribution in [-0.4, -0.2) is 10.2 Å². The molecule has 2 rings (SSSR count). The first-order chi connectivity index (χ1) is 7.74. The summed E-state index contributed by atoms with van der Waals surface area (Å²) in [6.07, 6.45) is 0.732. The quantitative estimate of drug-likeness (QED) is 0.805. The normalized spacial score (nSPS) is 10.3. The van der Waals surface area contributed by atoms with Crippen LogP contribution in [0.2, 0.25) is 0 Å². The molecule has 2 aromatic carbocycles. The van der Waals surface area contributed by atoms with Gasteiger partial charge in [-0.1, -0.05) is 37.3 Å². The van der Waals surface area contributed by atoms with Gasteiger partial charge in [0.05, 0.1) is 0 Å². The Kier molecular flexibility index (Phi) is 2.82. The van der Waals surface area contributed by atoms with Crippen molar-refractivity contribution in [2.45, 2.75) is 13.3 Å². The second kappa shape index (κ2) is 4.27. The minimum atomic E-state index is 0.239. The minimum absolute atomic E-state index is 0.239. The smallest absolute Gasteiger partial charge is 0.123 e. The van der Waals surface area contributed by atoms with Crippen molar-refractivity contribution in [3.05, 3.63) is 48.0 Å². The van der Waals surface area contributed by atoms with Gasteiger partial charge in [0, 0.05) is 11.1 Å². The topological polar surface area (TPSA) is 40.5 Å². The average Bonchev–Trinajstić information content (AvgIpc) is 2.29. The Morgan fingerprint density at radius 1 is 0.812 bits per heavy atom. The third-order valence-electron chi connectivity index (χ3n) is 2.70. The van der Waals surface area contributed by atoms with Gasteiger partial charge in [0.15, 0.2) is 0 Å². The number of hydrogen-bond acceptors (Lipinski definition) is 2. The lowest BCUT2D eigenvalue weighted by molar-refractivity contribution is 0.468. The first-order valence-corrected chi connectivity index (χ1v) is 5.33. The van der Waals surface area contributed by atoms with Gasteiger partial charge >= 0.3 is 0 Å². The molecule has 0 saturated carbocycles. The lowest BCUT2D eigenvalue weighted by Crippen LogP contribution is -1.88. The van der Waals surface area contributed by atoms with Crippen LogP contribution in [0.3, 0.4) is 0 Å². The first-order valence-electron chi connectivity index (χ1n) is 5.33. The summed E-state index contributed by atoms with van der Waals surface area (Å²) in [4.78, 5) is 0. The lowest BCUT2D eigenvalue weighted by Gasteiger charge is -2.11. The molecule has 0 spiro atoms. The summed E-state index contributed by atoms with van der Waals surface area (Å²) in [7, 11) is 0. The van der Waals surface area contributed by atoms with E-state index in [0.29, 0.717) is 0 Å². The van der Waals surface area contributed by atoms with Crippen molar-refractivity contribution in [3.8, 4) is 22.6 Å². The van der Waals surface area contributed by atoms with Crippen LogP contribution in [0.4, 0.5) is 0 Å². The van der Waals surface area contributed by atoms with E-state index >= 15 is 0 Å². The van der Waals surface area contributed by atoms with Gasteiger partial charge in [-0.2, -0.15) is 0 Å². The van der Waals surface area contributed by atoms with Crippen LogP contribution in [0.5, 0.6) is 11.5 Å². The summed E-state index contributed by atoms with van der Waals surface area (Å²) in [5.74, 6) is 0.519. The van der Waals surface area contributed by atoms with E-state index in [0.717, 1.165) is 23.1 Å². The van der Waals surface area contributed by atoms with E-state index in [1.54, 1.807) is 24.3 Å². The van der Waals surface area contributed by atoms with Crippen LogP contribution in [0.25, 0.3) is 11.1 Å². The zero-order valence-corrected chi connectivity index (χ0v) is 9.14. The second-order valence-electron chi connectivity index (χ2n) is 3.67. The van der Waals surface area contributed by atoms with Crippen LogP contribution in [0.1, 0.15) is 12.5 Å². The Hall–Kier alpha value is -1.96. The molecule has 0 amide bonds. The summed E-state index contributed by atoms with van der Waals surface area (Å²) in [5.41, 5.74) is 2.51. The molecule has 0 atom stereocenters. The summed E-state index contributed by atoms with van der Waals surface area (Å²) >= 11 is 0. The van der Waals surface area contributed by atoms with Crippen molar-refractivity contribution < 1.29 is 10.2 Å². The molecule has 0 aliphatic heterocycles. The van der Waals surface area contributed by atoms with Crippen molar-refractivity contribution in [3.63, 3.8) is 0 Å². The van der Waals surface area contributed by atoms with Crippen molar-refractivity contribution in [1.82, 2.24) is 0 Å². The van der Waals surface area contributed by atoms with Crippen LogP contribution < -0.4 is 0 Å². The zero-order chi connectivity index (χ0) is 11.5. The van der Waals surface area contributed by atoms with Crippen LogP contribution >= 0.6 is 0 Å². The van der Waals surface area contributed by atoms with Gasteiger partial charge in [-0.05, 0) is 24.1 Å². The monoisotopic (exact) mass is 214 g/mol.